The lowest BCUT2D eigenvalue weighted by molar-refractivity contribution is -0.155. The van der Waals surface area contributed by atoms with Crippen LogP contribution in [0.5, 0.6) is 0 Å². The summed E-state index contributed by atoms with van der Waals surface area (Å²) in [5.74, 6) is -0.658. The largest absolute Gasteiger partial charge is 0.384 e. The van der Waals surface area contributed by atoms with Gasteiger partial charge in [0.05, 0.1) is 11.2 Å². The maximum absolute atomic E-state index is 13.4. The normalized spacial score (nSPS) is 21.6. The molecule has 2 aromatic rings. The fraction of sp³-hybridized carbons (Fsp3) is 0.478. The van der Waals surface area contributed by atoms with Gasteiger partial charge in [-0.2, -0.15) is 0 Å². The number of aromatic nitrogens is 2. The maximum Gasteiger partial charge on any atom is 0.255 e. The van der Waals surface area contributed by atoms with Crippen LogP contribution >= 0.6 is 11.6 Å². The predicted molar refractivity (Wildman–Crippen MR) is 118 cm³/mol. The number of carbonyl (C=O) groups is 2. The molecule has 0 saturated carbocycles. The Morgan fingerprint density at radius 3 is 2.32 bits per heavy atom. The number of amides is 2. The van der Waals surface area contributed by atoms with Crippen molar-refractivity contribution in [1.29, 1.82) is 0 Å². The smallest absolute Gasteiger partial charge is 0.255 e. The first-order valence-corrected chi connectivity index (χ1v) is 10.8. The summed E-state index contributed by atoms with van der Waals surface area (Å²) < 4.78 is 0. The van der Waals surface area contributed by atoms with Gasteiger partial charge >= 0.3 is 0 Å². The second kappa shape index (κ2) is 8.93. The summed E-state index contributed by atoms with van der Waals surface area (Å²) in [5.41, 5.74) is -0.608. The standard InChI is InChI=1S/C23H29ClN4O3/c1-15(2)19(27-20(29)16-11-25-14-26-12-16)21(30)28-10-9-23(31,22(3,4)13-28)17-5-7-18(24)8-6-17/h5-8,11-12,14-15,19,31H,9-10,13H2,1-4H3,(H,27,29)/t19-,23+/m1/s1. The summed E-state index contributed by atoms with van der Waals surface area (Å²) >= 11 is 6.01. The molecule has 2 heterocycles. The first-order valence-electron chi connectivity index (χ1n) is 10.4. The van der Waals surface area contributed by atoms with Crippen molar-refractivity contribution in [1.82, 2.24) is 20.2 Å². The first kappa shape index (κ1) is 23.2. The van der Waals surface area contributed by atoms with Crippen LogP contribution in [-0.2, 0) is 10.4 Å². The predicted octanol–water partition coefficient (Wildman–Crippen LogP) is 3.03. The average molecular weight is 445 g/mol. The van der Waals surface area contributed by atoms with Gasteiger partial charge in [-0.3, -0.25) is 9.59 Å². The fourth-order valence-electron chi connectivity index (χ4n) is 4.12. The van der Waals surface area contributed by atoms with Crippen LogP contribution < -0.4 is 5.32 Å². The molecule has 2 N–H and O–H groups in total. The number of rotatable bonds is 5. The van der Waals surface area contributed by atoms with Crippen molar-refractivity contribution in [2.75, 3.05) is 13.1 Å². The molecule has 8 heteroatoms. The number of hydrogen-bond acceptors (Lipinski definition) is 5. The van der Waals surface area contributed by atoms with Crippen molar-refractivity contribution in [3.63, 3.8) is 0 Å². The van der Waals surface area contributed by atoms with E-state index in [1.807, 2.05) is 39.8 Å². The third-order valence-corrected chi connectivity index (χ3v) is 6.38. The van der Waals surface area contributed by atoms with Crippen LogP contribution in [0.25, 0.3) is 0 Å². The molecule has 2 atom stereocenters. The highest BCUT2D eigenvalue weighted by Gasteiger charge is 2.50. The number of nitrogens with zero attached hydrogens (tertiary/aromatic N) is 3. The van der Waals surface area contributed by atoms with Gasteiger partial charge in [-0.05, 0) is 30.0 Å². The Kier molecular flexibility index (Phi) is 6.67. The van der Waals surface area contributed by atoms with E-state index in [1.54, 1.807) is 17.0 Å². The van der Waals surface area contributed by atoms with Crippen LogP contribution in [0.1, 0.15) is 50.0 Å². The van der Waals surface area contributed by atoms with Crippen LogP contribution in [0.4, 0.5) is 0 Å². The van der Waals surface area contributed by atoms with Crippen molar-refractivity contribution in [2.24, 2.45) is 11.3 Å². The van der Waals surface area contributed by atoms with E-state index in [9.17, 15) is 14.7 Å². The van der Waals surface area contributed by atoms with Crippen LogP contribution in [0, 0.1) is 11.3 Å². The lowest BCUT2D eigenvalue weighted by Crippen LogP contribution is -2.60. The Balaban J connectivity index is 1.77. The zero-order chi connectivity index (χ0) is 22.8. The lowest BCUT2D eigenvalue weighted by atomic mass is 9.66. The Morgan fingerprint density at radius 2 is 1.77 bits per heavy atom. The van der Waals surface area contributed by atoms with Gasteiger partial charge in [0.1, 0.15) is 12.4 Å². The molecule has 1 saturated heterocycles. The van der Waals surface area contributed by atoms with Crippen LogP contribution in [0.15, 0.2) is 43.0 Å². The summed E-state index contributed by atoms with van der Waals surface area (Å²) in [5, 5.41) is 15.0. The molecule has 31 heavy (non-hydrogen) atoms. The molecule has 166 valence electrons. The molecule has 1 fully saturated rings. The molecular weight excluding hydrogens is 416 g/mol. The first-order chi connectivity index (χ1) is 14.5. The molecule has 0 bridgehead atoms. The van der Waals surface area contributed by atoms with Gasteiger partial charge in [-0.15, -0.1) is 0 Å². The van der Waals surface area contributed by atoms with E-state index < -0.39 is 17.1 Å². The number of nitrogens with one attached hydrogen (secondary N) is 1. The molecule has 0 aliphatic carbocycles. The molecule has 0 unspecified atom stereocenters. The average Bonchev–Trinajstić information content (AvgIpc) is 2.74. The Labute approximate surface area is 187 Å². The van der Waals surface area contributed by atoms with E-state index in [-0.39, 0.29) is 17.7 Å². The number of piperidine rings is 1. The number of halogens is 1. The topological polar surface area (TPSA) is 95.4 Å². The third-order valence-electron chi connectivity index (χ3n) is 6.12. The Bertz CT molecular complexity index is 934. The van der Waals surface area contributed by atoms with Crippen molar-refractivity contribution >= 4 is 23.4 Å². The maximum atomic E-state index is 13.4. The van der Waals surface area contributed by atoms with E-state index in [0.717, 1.165) is 5.56 Å². The van der Waals surface area contributed by atoms with Crippen molar-refractivity contribution in [2.45, 2.75) is 45.8 Å². The fourth-order valence-corrected chi connectivity index (χ4v) is 4.25. The molecule has 0 radical (unpaired) electrons. The zero-order valence-corrected chi connectivity index (χ0v) is 19.1. The van der Waals surface area contributed by atoms with Crippen molar-refractivity contribution in [3.8, 4) is 0 Å². The van der Waals surface area contributed by atoms with Gasteiger partial charge in [-0.1, -0.05) is 51.4 Å². The van der Waals surface area contributed by atoms with Gasteiger partial charge in [0, 0.05) is 35.9 Å². The number of hydrogen-bond donors (Lipinski definition) is 2. The lowest BCUT2D eigenvalue weighted by Gasteiger charge is -2.51. The van der Waals surface area contributed by atoms with E-state index >= 15 is 0 Å². The highest BCUT2D eigenvalue weighted by atomic mass is 35.5. The minimum absolute atomic E-state index is 0.110. The number of aliphatic hydroxyl groups is 1. The molecule has 1 aromatic carbocycles. The molecule has 3 rings (SSSR count). The Morgan fingerprint density at radius 1 is 1.16 bits per heavy atom. The molecule has 1 aliphatic heterocycles. The minimum atomic E-state index is -1.09. The number of likely N-dealkylation sites (tertiary alicyclic amines) is 1. The van der Waals surface area contributed by atoms with Gasteiger partial charge in [0.2, 0.25) is 5.91 Å². The monoisotopic (exact) mass is 444 g/mol. The van der Waals surface area contributed by atoms with E-state index in [2.05, 4.69) is 15.3 Å². The van der Waals surface area contributed by atoms with E-state index in [0.29, 0.717) is 30.1 Å². The molecule has 1 aliphatic rings. The van der Waals surface area contributed by atoms with E-state index in [1.165, 1.54) is 18.7 Å². The van der Waals surface area contributed by atoms with Crippen LogP contribution in [-0.4, -0.2) is 50.9 Å². The van der Waals surface area contributed by atoms with Crippen LogP contribution in [0.2, 0.25) is 5.02 Å². The number of carbonyl (C=O) groups excluding carboxylic acids is 2. The number of benzene rings is 1. The molecule has 0 spiro atoms. The summed E-state index contributed by atoms with van der Waals surface area (Å²) in [6, 6.07) is 6.51. The van der Waals surface area contributed by atoms with Crippen LogP contribution in [0.3, 0.4) is 0 Å². The second-order valence-electron chi connectivity index (χ2n) is 9.08. The quantitative estimate of drug-likeness (QED) is 0.739. The SMILES string of the molecule is CC(C)[C@@H](NC(=O)c1cncnc1)C(=O)N1CC[C@](O)(c2ccc(Cl)cc2)C(C)(C)C1. The van der Waals surface area contributed by atoms with Gasteiger partial charge in [0.25, 0.3) is 5.91 Å². The van der Waals surface area contributed by atoms with Crippen molar-refractivity contribution in [3.05, 3.63) is 59.1 Å². The van der Waals surface area contributed by atoms with Gasteiger partial charge in [-0.25, -0.2) is 9.97 Å². The minimum Gasteiger partial charge on any atom is -0.384 e. The summed E-state index contributed by atoms with van der Waals surface area (Å²) in [4.78, 5) is 35.4. The Hall–Kier alpha value is -2.51. The summed E-state index contributed by atoms with van der Waals surface area (Å²) in [6.07, 6.45) is 4.57. The zero-order valence-electron chi connectivity index (χ0n) is 18.3. The van der Waals surface area contributed by atoms with E-state index in [4.69, 9.17) is 11.6 Å². The highest BCUT2D eigenvalue weighted by Crippen LogP contribution is 2.46. The second-order valence-corrected chi connectivity index (χ2v) is 9.52. The van der Waals surface area contributed by atoms with Gasteiger partial charge < -0.3 is 15.3 Å². The summed E-state index contributed by atoms with van der Waals surface area (Å²) in [6.45, 7) is 8.43. The molecule has 1 aromatic heterocycles. The molecule has 7 nitrogen and oxygen atoms in total. The summed E-state index contributed by atoms with van der Waals surface area (Å²) in [7, 11) is 0. The molecular formula is C23H29ClN4O3. The molecule has 2 amide bonds. The van der Waals surface area contributed by atoms with Crippen molar-refractivity contribution < 1.29 is 14.7 Å². The third kappa shape index (κ3) is 4.72. The van der Waals surface area contributed by atoms with Gasteiger partial charge in [0.15, 0.2) is 0 Å². The highest BCUT2D eigenvalue weighted by molar-refractivity contribution is 6.30.